The van der Waals surface area contributed by atoms with E-state index >= 15 is 0 Å². The molecule has 3 nitrogen and oxygen atoms in total. The third-order valence-corrected chi connectivity index (χ3v) is 1.76. The second kappa shape index (κ2) is 3.29. The lowest BCUT2D eigenvalue weighted by Crippen LogP contribution is -2.03. The average molecular weight is 186 g/mol. The van der Waals surface area contributed by atoms with Crippen molar-refractivity contribution in [1.29, 1.82) is 0 Å². The Kier molecular flexibility index (Phi) is 2.15. The van der Waals surface area contributed by atoms with E-state index in [0.29, 0.717) is 11.8 Å². The maximum atomic E-state index is 5.60. The molecule has 0 aliphatic carbocycles. The number of rotatable bonds is 3. The lowest BCUT2D eigenvalue weighted by atomic mass is 10.4. The minimum atomic E-state index is 0.278. The highest BCUT2D eigenvalue weighted by Crippen LogP contribution is 2.15. The standard InChI is InChI=1S/C8H8ClNO2/c9-8-2-1-6(3-10-8)11-4-7-5-12-7/h1-3,7H,4-5H2. The average Bonchev–Trinajstić information content (AvgIpc) is 2.87. The van der Waals surface area contributed by atoms with Gasteiger partial charge in [0.1, 0.15) is 23.6 Å². The van der Waals surface area contributed by atoms with Gasteiger partial charge in [-0.05, 0) is 12.1 Å². The van der Waals surface area contributed by atoms with Crippen molar-refractivity contribution < 1.29 is 9.47 Å². The van der Waals surface area contributed by atoms with Crippen LogP contribution in [0.15, 0.2) is 18.3 Å². The van der Waals surface area contributed by atoms with Crippen molar-refractivity contribution in [2.24, 2.45) is 0 Å². The first-order valence-electron chi connectivity index (χ1n) is 3.70. The van der Waals surface area contributed by atoms with Crippen LogP contribution in [0.5, 0.6) is 5.75 Å². The first kappa shape index (κ1) is 7.83. The van der Waals surface area contributed by atoms with Crippen molar-refractivity contribution in [2.75, 3.05) is 13.2 Å². The number of epoxide rings is 1. The number of halogens is 1. The fourth-order valence-electron chi connectivity index (χ4n) is 0.801. The third kappa shape index (κ3) is 2.09. The molecule has 1 aliphatic rings. The maximum absolute atomic E-state index is 5.60. The molecule has 1 fully saturated rings. The fraction of sp³-hybridized carbons (Fsp3) is 0.375. The summed E-state index contributed by atoms with van der Waals surface area (Å²) in [7, 11) is 0. The van der Waals surface area contributed by atoms with E-state index in [9.17, 15) is 0 Å². The minimum Gasteiger partial charge on any atom is -0.489 e. The zero-order valence-electron chi connectivity index (χ0n) is 6.37. The molecule has 2 heterocycles. The molecule has 1 aromatic rings. The SMILES string of the molecule is Clc1ccc(OCC2CO2)cn1. The summed E-state index contributed by atoms with van der Waals surface area (Å²) in [6.07, 6.45) is 1.88. The molecule has 1 saturated heterocycles. The number of ether oxygens (including phenoxy) is 2. The maximum Gasteiger partial charge on any atom is 0.137 e. The Morgan fingerprint density at radius 3 is 3.08 bits per heavy atom. The Bertz CT molecular complexity index is 258. The topological polar surface area (TPSA) is 34.6 Å². The van der Waals surface area contributed by atoms with Gasteiger partial charge < -0.3 is 9.47 Å². The zero-order chi connectivity index (χ0) is 8.39. The highest BCUT2D eigenvalue weighted by Gasteiger charge is 2.22. The van der Waals surface area contributed by atoms with Gasteiger partial charge in [0.05, 0.1) is 12.8 Å². The number of nitrogens with zero attached hydrogens (tertiary/aromatic N) is 1. The van der Waals surface area contributed by atoms with E-state index in [-0.39, 0.29) is 6.10 Å². The summed E-state index contributed by atoms with van der Waals surface area (Å²) >= 11 is 5.60. The van der Waals surface area contributed by atoms with E-state index in [1.54, 1.807) is 18.3 Å². The minimum absolute atomic E-state index is 0.278. The molecule has 0 aromatic carbocycles. The first-order chi connectivity index (χ1) is 5.84. The van der Waals surface area contributed by atoms with E-state index in [4.69, 9.17) is 21.1 Å². The van der Waals surface area contributed by atoms with Crippen LogP contribution in [-0.2, 0) is 4.74 Å². The molecule has 12 heavy (non-hydrogen) atoms. The molecule has 0 bridgehead atoms. The molecule has 1 unspecified atom stereocenters. The summed E-state index contributed by atoms with van der Waals surface area (Å²) in [6, 6.07) is 3.49. The van der Waals surface area contributed by atoms with E-state index in [1.165, 1.54) is 0 Å². The lowest BCUT2D eigenvalue weighted by molar-refractivity contribution is 0.262. The van der Waals surface area contributed by atoms with Crippen molar-refractivity contribution >= 4 is 11.6 Å². The van der Waals surface area contributed by atoms with E-state index in [0.717, 1.165) is 12.4 Å². The first-order valence-corrected chi connectivity index (χ1v) is 4.08. The summed E-state index contributed by atoms with van der Waals surface area (Å²) in [5, 5.41) is 0.477. The van der Waals surface area contributed by atoms with E-state index in [1.807, 2.05) is 0 Å². The molecule has 0 N–H and O–H groups in total. The number of hydrogen-bond acceptors (Lipinski definition) is 3. The molecule has 2 rings (SSSR count). The predicted molar refractivity (Wildman–Crippen MR) is 44.5 cm³/mol. The molecule has 0 saturated carbocycles. The fourth-order valence-corrected chi connectivity index (χ4v) is 0.913. The lowest BCUT2D eigenvalue weighted by Gasteiger charge is -2.01. The summed E-state index contributed by atoms with van der Waals surface area (Å²) in [5.41, 5.74) is 0. The number of hydrogen-bond donors (Lipinski definition) is 0. The molecule has 1 aliphatic heterocycles. The summed E-state index contributed by atoms with van der Waals surface area (Å²) in [5.74, 6) is 0.731. The second-order valence-corrected chi connectivity index (χ2v) is 2.97. The van der Waals surface area contributed by atoms with Crippen LogP contribution >= 0.6 is 11.6 Å². The van der Waals surface area contributed by atoms with Gasteiger partial charge in [0, 0.05) is 0 Å². The van der Waals surface area contributed by atoms with Crippen LogP contribution in [0.4, 0.5) is 0 Å². The Labute approximate surface area is 75.3 Å². The van der Waals surface area contributed by atoms with Gasteiger partial charge in [-0.3, -0.25) is 0 Å². The molecule has 1 atom stereocenters. The van der Waals surface area contributed by atoms with Crippen LogP contribution in [0.3, 0.4) is 0 Å². The molecule has 0 amide bonds. The Hall–Kier alpha value is -0.800. The monoisotopic (exact) mass is 185 g/mol. The number of aromatic nitrogens is 1. The van der Waals surface area contributed by atoms with Crippen LogP contribution in [0, 0.1) is 0 Å². The van der Waals surface area contributed by atoms with Crippen LogP contribution in [0.2, 0.25) is 5.15 Å². The van der Waals surface area contributed by atoms with Gasteiger partial charge in [-0.25, -0.2) is 4.98 Å². The predicted octanol–water partition coefficient (Wildman–Crippen LogP) is 1.51. The Morgan fingerprint density at radius 2 is 2.50 bits per heavy atom. The molecule has 0 radical (unpaired) electrons. The van der Waals surface area contributed by atoms with E-state index in [2.05, 4.69) is 4.98 Å². The molecule has 4 heteroatoms. The van der Waals surface area contributed by atoms with Gasteiger partial charge in [-0.15, -0.1) is 0 Å². The summed E-state index contributed by atoms with van der Waals surface area (Å²) in [6.45, 7) is 1.41. The summed E-state index contributed by atoms with van der Waals surface area (Å²) < 4.78 is 10.3. The quantitative estimate of drug-likeness (QED) is 0.529. The molecule has 1 aromatic heterocycles. The highest BCUT2D eigenvalue weighted by molar-refractivity contribution is 6.29. The normalized spacial score (nSPS) is 20.6. The molecular formula is C8H8ClNO2. The van der Waals surface area contributed by atoms with Crippen LogP contribution in [0.25, 0.3) is 0 Å². The Morgan fingerprint density at radius 1 is 1.67 bits per heavy atom. The largest absolute Gasteiger partial charge is 0.489 e. The smallest absolute Gasteiger partial charge is 0.137 e. The zero-order valence-corrected chi connectivity index (χ0v) is 7.12. The van der Waals surface area contributed by atoms with Gasteiger partial charge in [0.25, 0.3) is 0 Å². The van der Waals surface area contributed by atoms with Crippen LogP contribution in [-0.4, -0.2) is 24.3 Å². The van der Waals surface area contributed by atoms with E-state index < -0.39 is 0 Å². The number of pyridine rings is 1. The van der Waals surface area contributed by atoms with Gasteiger partial charge in [-0.1, -0.05) is 11.6 Å². The third-order valence-electron chi connectivity index (χ3n) is 1.54. The van der Waals surface area contributed by atoms with Gasteiger partial charge in [0.2, 0.25) is 0 Å². The van der Waals surface area contributed by atoms with Crippen LogP contribution < -0.4 is 4.74 Å². The van der Waals surface area contributed by atoms with Gasteiger partial charge in [-0.2, -0.15) is 0 Å². The molecular weight excluding hydrogens is 178 g/mol. The van der Waals surface area contributed by atoms with Gasteiger partial charge >= 0.3 is 0 Å². The van der Waals surface area contributed by atoms with Gasteiger partial charge in [0.15, 0.2) is 0 Å². The van der Waals surface area contributed by atoms with Crippen molar-refractivity contribution in [3.63, 3.8) is 0 Å². The van der Waals surface area contributed by atoms with Crippen molar-refractivity contribution in [2.45, 2.75) is 6.10 Å². The van der Waals surface area contributed by atoms with Crippen molar-refractivity contribution in [3.8, 4) is 5.75 Å². The Balaban J connectivity index is 1.89. The van der Waals surface area contributed by atoms with Crippen LogP contribution in [0.1, 0.15) is 0 Å². The molecule has 0 spiro atoms. The second-order valence-electron chi connectivity index (χ2n) is 2.58. The van der Waals surface area contributed by atoms with Crippen molar-refractivity contribution in [3.05, 3.63) is 23.5 Å². The van der Waals surface area contributed by atoms with Crippen molar-refractivity contribution in [1.82, 2.24) is 4.98 Å². The highest BCUT2D eigenvalue weighted by atomic mass is 35.5. The molecule has 64 valence electrons. The summed E-state index contributed by atoms with van der Waals surface area (Å²) in [4.78, 5) is 3.88.